The Morgan fingerprint density at radius 1 is 0.579 bits per heavy atom. The number of hydrogen-bond donors (Lipinski definition) is 0. The number of aryl methyl sites for hydroxylation is 4. The summed E-state index contributed by atoms with van der Waals surface area (Å²) in [6.07, 6.45) is 4.75. The van der Waals surface area contributed by atoms with Crippen LogP contribution in [-0.4, -0.2) is 0 Å². The molecule has 4 rings (SSSR count). The molecule has 0 aromatic heterocycles. The molecule has 0 aliphatic carbocycles. The van der Waals surface area contributed by atoms with E-state index in [-0.39, 0.29) is 0 Å². The van der Waals surface area contributed by atoms with Gasteiger partial charge in [0.2, 0.25) is 0 Å². The third kappa shape index (κ3) is 2.21. The summed E-state index contributed by atoms with van der Waals surface area (Å²) >= 11 is 2.07. The lowest BCUT2D eigenvalue weighted by atomic mass is 9.92. The van der Waals surface area contributed by atoms with Crippen LogP contribution in [0.1, 0.15) is 33.4 Å². The number of fused-ring (bicyclic) bond motifs is 4. The summed E-state index contributed by atoms with van der Waals surface area (Å²) < 4.78 is 0. The Hall–Kier alpha value is -1.21. The largest absolute Gasteiger partial charge is 0.152 e. The second-order valence-corrected chi connectivity index (χ2v) is 6.68. The Kier molecular flexibility index (Phi) is 2.88. The van der Waals surface area contributed by atoms with Crippen molar-refractivity contribution in [1.82, 2.24) is 0 Å². The van der Waals surface area contributed by atoms with Gasteiger partial charge < -0.3 is 0 Å². The maximum Gasteiger partial charge on any atom is 0.0190 e. The van der Waals surface area contributed by atoms with E-state index in [0.29, 0.717) is 0 Å². The molecular weight excluding hydrogens is 248 g/mol. The van der Waals surface area contributed by atoms with Crippen molar-refractivity contribution in [1.29, 1.82) is 0 Å². The molecule has 4 bridgehead atoms. The highest BCUT2D eigenvalue weighted by Gasteiger charge is 2.13. The van der Waals surface area contributed by atoms with E-state index < -0.39 is 0 Å². The zero-order chi connectivity index (χ0) is 12.7. The standard InChI is InChI=1S/C18H18S/c1-2-14-4-6-16-8-7-15-5-3-13(1)9-17(15)11-19-12-18(16)10-14/h3-6,9-10H,1-2,7-8,11-12H2. The highest BCUT2D eigenvalue weighted by Crippen LogP contribution is 2.29. The van der Waals surface area contributed by atoms with Crippen LogP contribution in [0, 0.1) is 0 Å². The van der Waals surface area contributed by atoms with Gasteiger partial charge in [0.15, 0.2) is 0 Å². The van der Waals surface area contributed by atoms with Crippen LogP contribution in [0.15, 0.2) is 36.4 Å². The first-order valence-corrected chi connectivity index (χ1v) is 8.33. The number of rotatable bonds is 0. The first kappa shape index (κ1) is 11.6. The molecule has 2 aromatic rings. The Morgan fingerprint density at radius 3 is 1.63 bits per heavy atom. The van der Waals surface area contributed by atoms with E-state index in [1.54, 1.807) is 22.3 Å². The van der Waals surface area contributed by atoms with E-state index in [4.69, 9.17) is 0 Å². The molecule has 0 N–H and O–H groups in total. The van der Waals surface area contributed by atoms with Gasteiger partial charge in [0, 0.05) is 11.5 Å². The van der Waals surface area contributed by atoms with Gasteiger partial charge in [-0.2, -0.15) is 11.8 Å². The molecule has 0 amide bonds. The predicted octanol–water partition coefficient (Wildman–Crippen LogP) is 4.32. The molecule has 1 heteroatoms. The van der Waals surface area contributed by atoms with Crippen molar-refractivity contribution in [3.63, 3.8) is 0 Å². The van der Waals surface area contributed by atoms with Crippen LogP contribution >= 0.6 is 11.8 Å². The normalized spacial score (nSPS) is 17.1. The fourth-order valence-electron chi connectivity index (χ4n) is 3.26. The van der Waals surface area contributed by atoms with Crippen molar-refractivity contribution in [2.75, 3.05) is 0 Å². The summed E-state index contributed by atoms with van der Waals surface area (Å²) in [6.45, 7) is 0. The fraction of sp³-hybridized carbons (Fsp3) is 0.333. The van der Waals surface area contributed by atoms with Gasteiger partial charge in [-0.3, -0.25) is 0 Å². The van der Waals surface area contributed by atoms with E-state index >= 15 is 0 Å². The Labute approximate surface area is 119 Å². The molecule has 0 saturated carbocycles. The molecule has 2 aliphatic heterocycles. The smallest absolute Gasteiger partial charge is 0.0190 e. The van der Waals surface area contributed by atoms with Crippen LogP contribution in [0.4, 0.5) is 0 Å². The number of thioether (sulfide) groups is 1. The van der Waals surface area contributed by atoms with E-state index in [0.717, 1.165) is 0 Å². The highest BCUT2D eigenvalue weighted by molar-refractivity contribution is 7.97. The van der Waals surface area contributed by atoms with Crippen LogP contribution in [-0.2, 0) is 37.2 Å². The summed E-state index contributed by atoms with van der Waals surface area (Å²) in [4.78, 5) is 0. The molecule has 0 nitrogen and oxygen atoms in total. The maximum absolute atomic E-state index is 2.46. The highest BCUT2D eigenvalue weighted by atomic mass is 32.2. The van der Waals surface area contributed by atoms with E-state index in [1.165, 1.54) is 48.3 Å². The topological polar surface area (TPSA) is 0 Å². The maximum atomic E-state index is 2.46. The molecule has 0 saturated heterocycles. The van der Waals surface area contributed by atoms with Gasteiger partial charge >= 0.3 is 0 Å². The van der Waals surface area contributed by atoms with Gasteiger partial charge in [0.25, 0.3) is 0 Å². The van der Waals surface area contributed by atoms with Crippen molar-refractivity contribution < 1.29 is 0 Å². The van der Waals surface area contributed by atoms with Crippen LogP contribution in [0.3, 0.4) is 0 Å². The van der Waals surface area contributed by atoms with Gasteiger partial charge in [-0.05, 0) is 59.1 Å². The molecule has 0 radical (unpaired) electrons. The van der Waals surface area contributed by atoms with Crippen LogP contribution in [0.25, 0.3) is 0 Å². The molecule has 2 aliphatic rings. The van der Waals surface area contributed by atoms with Crippen LogP contribution < -0.4 is 0 Å². The van der Waals surface area contributed by atoms with Gasteiger partial charge in [0.1, 0.15) is 0 Å². The zero-order valence-electron chi connectivity index (χ0n) is 11.1. The van der Waals surface area contributed by atoms with Crippen molar-refractivity contribution in [2.45, 2.75) is 37.2 Å². The Balaban J connectivity index is 1.91. The molecule has 19 heavy (non-hydrogen) atoms. The zero-order valence-corrected chi connectivity index (χ0v) is 11.9. The summed E-state index contributed by atoms with van der Waals surface area (Å²) in [7, 11) is 0. The summed E-state index contributed by atoms with van der Waals surface area (Å²) in [5.74, 6) is 2.35. The second-order valence-electron chi connectivity index (χ2n) is 5.70. The van der Waals surface area contributed by atoms with Crippen LogP contribution in [0.5, 0.6) is 0 Å². The van der Waals surface area contributed by atoms with E-state index in [9.17, 15) is 0 Å². The fourth-order valence-corrected chi connectivity index (χ4v) is 4.33. The Morgan fingerprint density at radius 2 is 1.11 bits per heavy atom. The first-order valence-electron chi connectivity index (χ1n) is 7.17. The third-order valence-electron chi connectivity index (χ3n) is 4.42. The van der Waals surface area contributed by atoms with Gasteiger partial charge in [-0.15, -0.1) is 0 Å². The molecule has 0 spiro atoms. The van der Waals surface area contributed by atoms with Crippen molar-refractivity contribution >= 4 is 11.8 Å². The van der Waals surface area contributed by atoms with Crippen molar-refractivity contribution in [3.05, 3.63) is 69.8 Å². The Bertz CT molecular complexity index is 572. The lowest BCUT2D eigenvalue weighted by Gasteiger charge is -2.13. The van der Waals surface area contributed by atoms with Gasteiger partial charge in [-0.25, -0.2) is 0 Å². The quantitative estimate of drug-likeness (QED) is 0.684. The molecule has 0 fully saturated rings. The molecule has 96 valence electrons. The minimum atomic E-state index is 1.17. The second kappa shape index (κ2) is 4.72. The van der Waals surface area contributed by atoms with Gasteiger partial charge in [-0.1, -0.05) is 36.4 Å². The predicted molar refractivity (Wildman–Crippen MR) is 82.7 cm³/mol. The van der Waals surface area contributed by atoms with E-state index in [1.807, 2.05) is 0 Å². The lowest BCUT2D eigenvalue weighted by molar-refractivity contribution is 0.904. The summed E-state index contributed by atoms with van der Waals surface area (Å²) in [6, 6.07) is 14.4. The lowest BCUT2D eigenvalue weighted by Crippen LogP contribution is -2.02. The summed E-state index contributed by atoms with van der Waals surface area (Å²) in [5, 5.41) is 0. The monoisotopic (exact) mass is 266 g/mol. The average Bonchev–Trinajstić information content (AvgIpc) is 2.49. The minimum absolute atomic E-state index is 1.17. The van der Waals surface area contributed by atoms with Gasteiger partial charge in [0.05, 0.1) is 0 Å². The molecule has 0 atom stereocenters. The number of hydrogen-bond acceptors (Lipinski definition) is 1. The molecule has 2 aromatic carbocycles. The molecule has 0 unspecified atom stereocenters. The molecule has 2 heterocycles. The van der Waals surface area contributed by atoms with Crippen molar-refractivity contribution in [2.24, 2.45) is 0 Å². The first-order chi connectivity index (χ1) is 9.38. The summed E-state index contributed by atoms with van der Waals surface area (Å²) in [5.41, 5.74) is 9.30. The van der Waals surface area contributed by atoms with Crippen LogP contribution in [0.2, 0.25) is 0 Å². The van der Waals surface area contributed by atoms with Crippen molar-refractivity contribution in [3.8, 4) is 0 Å². The minimum Gasteiger partial charge on any atom is -0.152 e. The van der Waals surface area contributed by atoms with E-state index in [2.05, 4.69) is 48.2 Å². The SMILES string of the molecule is c1cc2c3cc1CCc1ccc(c(c1)CSC3)CC2. The molecular formula is C18H18S. The average molecular weight is 266 g/mol. The number of benzene rings is 2. The third-order valence-corrected chi connectivity index (χ3v) is 5.45.